The average molecular weight is 560 g/mol. The fourth-order valence-corrected chi connectivity index (χ4v) is 4.84. The lowest BCUT2D eigenvalue weighted by Crippen LogP contribution is -2.10. The van der Waals surface area contributed by atoms with Crippen molar-refractivity contribution in [2.24, 2.45) is 0 Å². The largest absolute Gasteiger partial charge is 0.311 e. The molecule has 0 amide bonds. The summed E-state index contributed by atoms with van der Waals surface area (Å²) in [5, 5.41) is 8.89. The van der Waals surface area contributed by atoms with E-state index in [0.29, 0.717) is 17.0 Å². The lowest BCUT2D eigenvalue weighted by Gasteiger charge is -2.26. The van der Waals surface area contributed by atoms with Gasteiger partial charge in [0, 0.05) is 29.6 Å². The SMILES string of the molecule is [C-]#[N+]/C(=C\c1ccc(N(c2ccc(/C=C(\C#N)S(C)(=O)=O)cc2)c2ccc(C(C)CC)cc2)cc1)S(C)(=O)=O. The summed E-state index contributed by atoms with van der Waals surface area (Å²) >= 11 is 0. The van der Waals surface area contributed by atoms with Crippen molar-refractivity contribution in [3.8, 4) is 6.07 Å². The number of rotatable bonds is 9. The maximum Gasteiger partial charge on any atom is 0.278 e. The highest BCUT2D eigenvalue weighted by Crippen LogP contribution is 2.36. The van der Waals surface area contributed by atoms with Crippen LogP contribution in [-0.2, 0) is 19.7 Å². The van der Waals surface area contributed by atoms with Crippen molar-refractivity contribution in [3.63, 3.8) is 0 Å². The minimum Gasteiger partial charge on any atom is -0.311 e. The van der Waals surface area contributed by atoms with Crippen molar-refractivity contribution in [1.29, 1.82) is 5.26 Å². The Balaban J connectivity index is 2.09. The molecule has 1 unspecified atom stereocenters. The van der Waals surface area contributed by atoms with E-state index < -0.39 is 19.7 Å². The van der Waals surface area contributed by atoms with Gasteiger partial charge in [-0.25, -0.2) is 21.7 Å². The Morgan fingerprint density at radius 3 is 1.64 bits per heavy atom. The Labute approximate surface area is 231 Å². The van der Waals surface area contributed by atoms with Crippen LogP contribution in [0.4, 0.5) is 17.1 Å². The standard InChI is InChI=1S/C30H29N3O4S2/c1-6-22(2)25-11-17-28(18-12-25)33(26-13-7-23(8-14-26)19-29(21-31)38(4,34)35)27-15-9-24(10-16-27)20-30(32-3)39(5,36)37/h7-20,22H,6H2,1-2,4-5H3/b29-19+,30-20+. The molecule has 0 N–H and O–H groups in total. The first-order chi connectivity index (χ1) is 18.4. The summed E-state index contributed by atoms with van der Waals surface area (Å²) in [6.07, 6.45) is 5.70. The minimum atomic E-state index is -3.63. The Morgan fingerprint density at radius 1 is 0.846 bits per heavy atom. The molecule has 0 aliphatic rings. The van der Waals surface area contributed by atoms with Crippen molar-refractivity contribution in [2.75, 3.05) is 17.4 Å². The van der Waals surface area contributed by atoms with Gasteiger partial charge in [0.2, 0.25) is 0 Å². The second-order valence-electron chi connectivity index (χ2n) is 9.18. The number of hydrogen-bond acceptors (Lipinski definition) is 6. The van der Waals surface area contributed by atoms with Crippen LogP contribution in [0.3, 0.4) is 0 Å². The number of nitrogens with zero attached hydrogens (tertiary/aromatic N) is 3. The van der Waals surface area contributed by atoms with Gasteiger partial charge in [-0.2, -0.15) is 5.26 Å². The number of sulfone groups is 2. The molecule has 0 aliphatic carbocycles. The number of benzene rings is 3. The highest BCUT2D eigenvalue weighted by atomic mass is 32.2. The van der Waals surface area contributed by atoms with Gasteiger partial charge >= 0.3 is 0 Å². The predicted octanol–water partition coefficient (Wildman–Crippen LogP) is 6.84. The molecule has 0 heterocycles. The van der Waals surface area contributed by atoms with Gasteiger partial charge in [0.1, 0.15) is 11.0 Å². The van der Waals surface area contributed by atoms with E-state index in [1.54, 1.807) is 30.3 Å². The van der Waals surface area contributed by atoms with Crippen molar-refractivity contribution in [2.45, 2.75) is 26.2 Å². The van der Waals surface area contributed by atoms with E-state index in [0.717, 1.165) is 36.0 Å². The van der Waals surface area contributed by atoms with E-state index in [-0.39, 0.29) is 9.93 Å². The van der Waals surface area contributed by atoms with Crippen LogP contribution in [0.5, 0.6) is 0 Å². The van der Waals surface area contributed by atoms with Crippen LogP contribution in [0.15, 0.2) is 82.7 Å². The third-order valence-electron chi connectivity index (χ3n) is 6.22. The average Bonchev–Trinajstić information content (AvgIpc) is 2.90. The summed E-state index contributed by atoms with van der Waals surface area (Å²) < 4.78 is 47.3. The molecule has 3 aromatic rings. The van der Waals surface area contributed by atoms with Gasteiger partial charge in [-0.15, -0.1) is 0 Å². The molecule has 39 heavy (non-hydrogen) atoms. The molecule has 0 radical (unpaired) electrons. The molecule has 0 bridgehead atoms. The molecule has 200 valence electrons. The maximum absolute atomic E-state index is 11.8. The Kier molecular flexibility index (Phi) is 9.13. The van der Waals surface area contributed by atoms with Gasteiger partial charge in [-0.05, 0) is 77.6 Å². The zero-order chi connectivity index (χ0) is 28.8. The van der Waals surface area contributed by atoms with Crippen LogP contribution in [0, 0.1) is 17.9 Å². The molecule has 0 fully saturated rings. The zero-order valence-electron chi connectivity index (χ0n) is 22.2. The smallest absolute Gasteiger partial charge is 0.278 e. The van der Waals surface area contributed by atoms with E-state index in [9.17, 15) is 22.1 Å². The van der Waals surface area contributed by atoms with Gasteiger partial charge in [0.25, 0.3) is 5.03 Å². The quantitative estimate of drug-likeness (QED) is 0.210. The van der Waals surface area contributed by atoms with Crippen LogP contribution in [-0.4, -0.2) is 29.3 Å². The molecular formula is C30H29N3O4S2. The first kappa shape index (κ1) is 29.4. The maximum atomic E-state index is 11.8. The van der Waals surface area contributed by atoms with Gasteiger partial charge in [0.05, 0.1) is 6.57 Å². The fraction of sp³-hybridized carbons (Fsp3) is 0.200. The number of allylic oxidation sites excluding steroid dienone is 1. The van der Waals surface area contributed by atoms with Crippen molar-refractivity contribution in [3.05, 3.63) is 111 Å². The molecule has 0 saturated carbocycles. The highest BCUT2D eigenvalue weighted by molar-refractivity contribution is 7.95. The first-order valence-corrected chi connectivity index (χ1v) is 15.9. The van der Waals surface area contributed by atoms with E-state index in [1.165, 1.54) is 17.7 Å². The van der Waals surface area contributed by atoms with Crippen LogP contribution in [0.1, 0.15) is 42.9 Å². The molecule has 0 aromatic heterocycles. The molecular weight excluding hydrogens is 530 g/mol. The molecule has 9 heteroatoms. The Bertz CT molecular complexity index is 1590. The normalized spacial score (nSPS) is 13.3. The molecule has 1 atom stereocenters. The second-order valence-corrected chi connectivity index (χ2v) is 13.1. The third-order valence-corrected chi connectivity index (χ3v) is 8.20. The van der Waals surface area contributed by atoms with Crippen LogP contribution < -0.4 is 4.90 Å². The summed E-state index contributed by atoms with van der Waals surface area (Å²) in [6, 6.07) is 24.3. The van der Waals surface area contributed by atoms with Crippen LogP contribution in [0.25, 0.3) is 17.0 Å². The summed E-state index contributed by atoms with van der Waals surface area (Å²) in [5.74, 6) is 0.417. The van der Waals surface area contributed by atoms with Gasteiger partial charge in [-0.3, -0.25) is 0 Å². The van der Waals surface area contributed by atoms with E-state index >= 15 is 0 Å². The Morgan fingerprint density at radius 2 is 1.28 bits per heavy atom. The molecule has 0 aliphatic heterocycles. The van der Waals surface area contributed by atoms with Gasteiger partial charge in [-0.1, -0.05) is 50.2 Å². The lowest BCUT2D eigenvalue weighted by atomic mass is 9.98. The van der Waals surface area contributed by atoms with Crippen LogP contribution in [0.2, 0.25) is 0 Å². The summed E-state index contributed by atoms with van der Waals surface area (Å²) in [6.45, 7) is 11.5. The number of nitriles is 1. The van der Waals surface area contributed by atoms with Crippen molar-refractivity contribution < 1.29 is 16.8 Å². The van der Waals surface area contributed by atoms with Crippen LogP contribution >= 0.6 is 0 Å². The third kappa shape index (κ3) is 7.44. The van der Waals surface area contributed by atoms with E-state index in [1.807, 2.05) is 41.3 Å². The lowest BCUT2D eigenvalue weighted by molar-refractivity contribution is 0.607. The fourth-order valence-electron chi connectivity index (χ4n) is 3.81. The molecule has 0 saturated heterocycles. The van der Waals surface area contributed by atoms with E-state index in [4.69, 9.17) is 6.57 Å². The summed E-state index contributed by atoms with van der Waals surface area (Å²) in [4.78, 5) is 4.83. The first-order valence-electron chi connectivity index (χ1n) is 12.1. The van der Waals surface area contributed by atoms with Gasteiger partial charge in [0.15, 0.2) is 19.7 Å². The second kappa shape index (κ2) is 12.1. The molecule has 3 rings (SSSR count). The highest BCUT2D eigenvalue weighted by Gasteiger charge is 2.16. The van der Waals surface area contributed by atoms with E-state index in [2.05, 4.69) is 30.8 Å². The topological polar surface area (TPSA) is 99.7 Å². The number of anilines is 3. The van der Waals surface area contributed by atoms with Crippen molar-refractivity contribution >= 4 is 48.9 Å². The zero-order valence-corrected chi connectivity index (χ0v) is 23.8. The summed E-state index contributed by atoms with van der Waals surface area (Å²) in [7, 11) is -7.26. The Hall–Kier alpha value is -4.18. The number of hydrogen-bond donors (Lipinski definition) is 0. The predicted molar refractivity (Wildman–Crippen MR) is 158 cm³/mol. The van der Waals surface area contributed by atoms with Crippen molar-refractivity contribution in [1.82, 2.24) is 0 Å². The minimum absolute atomic E-state index is 0.316. The molecule has 7 nitrogen and oxygen atoms in total. The molecule has 0 spiro atoms. The summed E-state index contributed by atoms with van der Waals surface area (Å²) in [5.41, 5.74) is 4.85. The van der Waals surface area contributed by atoms with Gasteiger partial charge < -0.3 is 4.90 Å². The molecule has 3 aromatic carbocycles. The monoisotopic (exact) mass is 559 g/mol.